The number of para-hydroxylation sites is 1. The average Bonchev–Trinajstić information content (AvgIpc) is 3.38. The van der Waals surface area contributed by atoms with Crippen LogP contribution in [-0.4, -0.2) is 20.7 Å². The van der Waals surface area contributed by atoms with Gasteiger partial charge in [0.25, 0.3) is 0 Å². The van der Waals surface area contributed by atoms with Crippen molar-refractivity contribution in [3.05, 3.63) is 106 Å². The Morgan fingerprint density at radius 1 is 1.03 bits per heavy atom. The highest BCUT2D eigenvalue weighted by atomic mass is 32.1. The molecule has 0 saturated heterocycles. The van der Waals surface area contributed by atoms with Gasteiger partial charge in [-0.1, -0.05) is 60.7 Å². The van der Waals surface area contributed by atoms with Crippen LogP contribution in [0.3, 0.4) is 0 Å². The van der Waals surface area contributed by atoms with Gasteiger partial charge in [0.05, 0.1) is 17.5 Å². The number of aromatic nitrogens is 3. The summed E-state index contributed by atoms with van der Waals surface area (Å²) in [6.45, 7) is 1.91. The van der Waals surface area contributed by atoms with Gasteiger partial charge in [0.2, 0.25) is 5.62 Å². The topological polar surface area (TPSA) is 83.0 Å². The van der Waals surface area contributed by atoms with Gasteiger partial charge in [-0.2, -0.15) is 0 Å². The minimum absolute atomic E-state index is 0.357. The molecule has 0 bridgehead atoms. The minimum Gasteiger partial charge on any atom is -0.367 e. The Morgan fingerprint density at radius 2 is 1.79 bits per heavy atom. The van der Waals surface area contributed by atoms with Gasteiger partial charge in [-0.25, -0.2) is 0 Å². The fourth-order valence-electron chi connectivity index (χ4n) is 4.03. The van der Waals surface area contributed by atoms with E-state index in [-0.39, 0.29) is 0 Å². The van der Waals surface area contributed by atoms with E-state index in [1.54, 1.807) is 6.20 Å². The standard InChI is InChI=1S/C26H25N7S/c1-32-25(34)22(23(27)33-16-15-29-26(32)33)24(31-20-7-3-2-4-8-20)30-17-18-10-12-19(13-11-18)21-9-5-6-14-28-21/h2-14,27,30-31H,15-17H2,1H3/b24-22-,27-23?. The predicted molar refractivity (Wildman–Crippen MR) is 136 cm³/mol. The Kier molecular flexibility index (Phi) is 6.05. The number of hydrogen-bond donors (Lipinski definition) is 3. The first-order chi connectivity index (χ1) is 16.6. The number of anilines is 1. The normalized spacial score (nSPS) is 13.1. The Bertz CT molecular complexity index is 1550. The lowest BCUT2D eigenvalue weighted by Gasteiger charge is -2.16. The maximum atomic E-state index is 8.88. The average molecular weight is 468 g/mol. The number of benzene rings is 2. The first-order valence-electron chi connectivity index (χ1n) is 11.1. The third kappa shape index (κ3) is 4.27. The van der Waals surface area contributed by atoms with Crippen molar-refractivity contribution in [3.63, 3.8) is 0 Å². The second-order valence-electron chi connectivity index (χ2n) is 8.05. The lowest BCUT2D eigenvalue weighted by Crippen LogP contribution is -2.49. The molecule has 0 aliphatic carbocycles. The largest absolute Gasteiger partial charge is 0.367 e. The minimum atomic E-state index is 0.357. The van der Waals surface area contributed by atoms with Crippen LogP contribution in [0.15, 0.2) is 84.0 Å². The summed E-state index contributed by atoms with van der Waals surface area (Å²) >= 11 is 5.78. The highest BCUT2D eigenvalue weighted by Crippen LogP contribution is 2.17. The molecule has 3 heterocycles. The molecule has 1 aliphatic heterocycles. The van der Waals surface area contributed by atoms with Crippen LogP contribution < -0.4 is 27.0 Å². The van der Waals surface area contributed by atoms with Crippen molar-refractivity contribution in [3.8, 4) is 11.3 Å². The molecule has 2 aromatic heterocycles. The summed E-state index contributed by atoms with van der Waals surface area (Å²) < 4.78 is 4.35. The van der Waals surface area contributed by atoms with Crippen molar-refractivity contribution >= 4 is 23.7 Å². The van der Waals surface area contributed by atoms with E-state index in [0.717, 1.165) is 28.1 Å². The highest BCUT2D eigenvalue weighted by molar-refractivity contribution is 7.71. The zero-order chi connectivity index (χ0) is 23.5. The predicted octanol–water partition coefficient (Wildman–Crippen LogP) is 2.70. The Labute approximate surface area is 202 Å². The molecule has 0 fully saturated rings. The van der Waals surface area contributed by atoms with Gasteiger partial charge in [0, 0.05) is 37.6 Å². The van der Waals surface area contributed by atoms with Crippen molar-refractivity contribution < 1.29 is 0 Å². The number of nitrogens with one attached hydrogen (secondary N) is 3. The molecule has 0 spiro atoms. The fourth-order valence-corrected chi connectivity index (χ4v) is 4.31. The van der Waals surface area contributed by atoms with E-state index in [9.17, 15) is 0 Å². The summed E-state index contributed by atoms with van der Waals surface area (Å²) in [4.78, 5) is 8.94. The molecular weight excluding hydrogens is 442 g/mol. The molecule has 0 unspecified atom stereocenters. The summed E-state index contributed by atoms with van der Waals surface area (Å²) in [6, 6.07) is 24.1. The highest BCUT2D eigenvalue weighted by Gasteiger charge is 2.12. The van der Waals surface area contributed by atoms with Gasteiger partial charge in [-0.05, 0) is 29.8 Å². The number of pyridine rings is 1. The molecule has 4 aromatic rings. The summed E-state index contributed by atoms with van der Waals surface area (Å²) in [5.74, 6) is 0.702. The van der Waals surface area contributed by atoms with E-state index in [1.807, 2.05) is 64.7 Å². The Morgan fingerprint density at radius 3 is 2.53 bits per heavy atom. The molecule has 1 aliphatic rings. The van der Waals surface area contributed by atoms with E-state index in [2.05, 4.69) is 44.9 Å². The van der Waals surface area contributed by atoms with Crippen molar-refractivity contribution in [2.75, 3.05) is 11.9 Å². The zero-order valence-electron chi connectivity index (χ0n) is 18.8. The summed E-state index contributed by atoms with van der Waals surface area (Å²) in [5.41, 5.74) is 5.14. The first kappa shape index (κ1) is 21.8. The smallest absolute Gasteiger partial charge is 0.207 e. The van der Waals surface area contributed by atoms with Crippen molar-refractivity contribution in [1.29, 1.82) is 5.41 Å². The summed E-state index contributed by atoms with van der Waals surface area (Å²) in [7, 11) is 1.91. The first-order valence-corrected chi connectivity index (χ1v) is 11.5. The Balaban J connectivity index is 1.53. The van der Waals surface area contributed by atoms with Crippen LogP contribution in [0.25, 0.3) is 17.1 Å². The SMILES string of the molecule is Cn1c(=S)/c(=C(/NCc2ccc(-c3ccccn3)cc2)Nc2ccccc2)c(=N)n2c1=NCC2. The van der Waals surface area contributed by atoms with Crippen LogP contribution in [-0.2, 0) is 20.1 Å². The molecular formula is C26H25N7S. The molecule has 2 aromatic carbocycles. The van der Waals surface area contributed by atoms with E-state index in [1.165, 1.54) is 0 Å². The second-order valence-corrected chi connectivity index (χ2v) is 8.44. The maximum Gasteiger partial charge on any atom is 0.207 e. The van der Waals surface area contributed by atoms with Crippen molar-refractivity contribution in [2.45, 2.75) is 13.1 Å². The van der Waals surface area contributed by atoms with Crippen molar-refractivity contribution in [2.24, 2.45) is 12.0 Å². The Hall–Kier alpha value is -4.04. The van der Waals surface area contributed by atoms with Crippen LogP contribution in [0.2, 0.25) is 0 Å². The van der Waals surface area contributed by atoms with Gasteiger partial charge in [-0.15, -0.1) is 0 Å². The van der Waals surface area contributed by atoms with Crippen LogP contribution in [0, 0.1) is 10.0 Å². The fraction of sp³-hybridized carbons (Fsp3) is 0.154. The number of hydrogen-bond acceptors (Lipinski definition) is 6. The zero-order valence-corrected chi connectivity index (χ0v) is 19.6. The maximum absolute atomic E-state index is 8.88. The molecule has 7 nitrogen and oxygen atoms in total. The molecule has 0 amide bonds. The molecule has 170 valence electrons. The molecule has 8 heteroatoms. The van der Waals surface area contributed by atoms with E-state index in [4.69, 9.17) is 17.6 Å². The van der Waals surface area contributed by atoms with Crippen LogP contribution in [0.5, 0.6) is 0 Å². The van der Waals surface area contributed by atoms with Crippen molar-refractivity contribution in [1.82, 2.24) is 19.4 Å². The van der Waals surface area contributed by atoms with E-state index >= 15 is 0 Å². The lowest BCUT2D eigenvalue weighted by atomic mass is 10.1. The van der Waals surface area contributed by atoms with Gasteiger partial charge in [0.15, 0.2) is 0 Å². The number of rotatable bonds is 6. The van der Waals surface area contributed by atoms with Crippen LogP contribution in [0.1, 0.15) is 5.56 Å². The summed E-state index contributed by atoms with van der Waals surface area (Å²) in [6.07, 6.45) is 1.80. The molecule has 34 heavy (non-hydrogen) atoms. The van der Waals surface area contributed by atoms with Crippen LogP contribution >= 0.6 is 12.2 Å². The van der Waals surface area contributed by atoms with Gasteiger partial charge >= 0.3 is 0 Å². The van der Waals surface area contributed by atoms with Gasteiger partial charge in [-0.3, -0.25) is 20.0 Å². The number of fused-ring (bicyclic) bond motifs is 1. The second kappa shape index (κ2) is 9.44. The monoisotopic (exact) mass is 467 g/mol. The van der Waals surface area contributed by atoms with Gasteiger partial charge < -0.3 is 15.2 Å². The number of nitrogens with zero attached hydrogens (tertiary/aromatic N) is 4. The lowest BCUT2D eigenvalue weighted by molar-refractivity contribution is 0.621. The molecule has 5 rings (SSSR count). The van der Waals surface area contributed by atoms with E-state index in [0.29, 0.717) is 40.8 Å². The quantitative estimate of drug-likeness (QED) is 0.381. The molecule has 3 N–H and O–H groups in total. The van der Waals surface area contributed by atoms with Gasteiger partial charge in [0.1, 0.15) is 15.9 Å². The molecule has 0 saturated carbocycles. The van der Waals surface area contributed by atoms with Crippen LogP contribution in [0.4, 0.5) is 5.69 Å². The third-order valence-corrected chi connectivity index (χ3v) is 6.30. The molecule has 0 radical (unpaired) electrons. The summed E-state index contributed by atoms with van der Waals surface area (Å²) in [5, 5.41) is 16.5. The third-order valence-electron chi connectivity index (χ3n) is 5.82. The van der Waals surface area contributed by atoms with E-state index < -0.39 is 0 Å². The molecule has 0 atom stereocenters.